The predicted octanol–water partition coefficient (Wildman–Crippen LogP) is 4.54. The maximum atomic E-state index is 12.6. The van der Waals surface area contributed by atoms with Crippen LogP contribution < -0.4 is 10.1 Å². The number of anilines is 1. The molecular formula is C19H19F2N3O4S. The van der Waals surface area contributed by atoms with Crippen LogP contribution in [0.3, 0.4) is 0 Å². The standard InChI is InChI=1S/C19H19F2N3O4S/c1-10(26-3)7-16-22-19(29-24-16)23-17(25)14-9-15(27-11(14)2)12-5-4-6-13(8-12)28-18(20)21/h4-6,8-10,18H,7H2,1-3H3,(H,22,23,24,25). The molecule has 1 aromatic carbocycles. The average molecular weight is 423 g/mol. The van der Waals surface area contributed by atoms with E-state index in [4.69, 9.17) is 9.15 Å². The first-order chi connectivity index (χ1) is 13.9. The first kappa shape index (κ1) is 20.9. The summed E-state index contributed by atoms with van der Waals surface area (Å²) in [4.78, 5) is 16.9. The number of halogens is 2. The van der Waals surface area contributed by atoms with Crippen LogP contribution >= 0.6 is 11.5 Å². The molecule has 1 amide bonds. The van der Waals surface area contributed by atoms with Crippen molar-refractivity contribution in [2.75, 3.05) is 12.4 Å². The second-order valence-corrected chi connectivity index (χ2v) is 6.96. The molecule has 0 saturated heterocycles. The third kappa shape index (κ3) is 5.36. The van der Waals surface area contributed by atoms with Gasteiger partial charge in [-0.15, -0.1) is 0 Å². The van der Waals surface area contributed by atoms with E-state index in [0.29, 0.717) is 40.0 Å². The fourth-order valence-electron chi connectivity index (χ4n) is 2.57. The Morgan fingerprint density at radius 2 is 2.14 bits per heavy atom. The van der Waals surface area contributed by atoms with Crippen molar-refractivity contribution in [3.05, 3.63) is 47.5 Å². The lowest BCUT2D eigenvalue weighted by Crippen LogP contribution is -2.13. The molecule has 0 fully saturated rings. The summed E-state index contributed by atoms with van der Waals surface area (Å²) in [6, 6.07) is 7.61. The Morgan fingerprint density at radius 3 is 2.86 bits per heavy atom. The lowest BCUT2D eigenvalue weighted by Gasteiger charge is -2.05. The number of carbonyl (C=O) groups excluding carboxylic acids is 1. The van der Waals surface area contributed by atoms with Crippen molar-refractivity contribution in [1.29, 1.82) is 0 Å². The van der Waals surface area contributed by atoms with Crippen LogP contribution in [0.15, 0.2) is 34.7 Å². The lowest BCUT2D eigenvalue weighted by atomic mass is 10.1. The molecule has 0 aliphatic carbocycles. The van der Waals surface area contributed by atoms with Gasteiger partial charge < -0.3 is 13.9 Å². The number of rotatable bonds is 8. The quantitative estimate of drug-likeness (QED) is 0.573. The van der Waals surface area contributed by atoms with Crippen LogP contribution in [-0.2, 0) is 11.2 Å². The normalized spacial score (nSPS) is 12.2. The van der Waals surface area contributed by atoms with Gasteiger partial charge in [0.05, 0.1) is 11.7 Å². The first-order valence-electron chi connectivity index (χ1n) is 8.68. The SMILES string of the molecule is COC(C)Cc1nsc(NC(=O)c2cc(-c3cccc(OC(F)F)c3)oc2C)n1. The van der Waals surface area contributed by atoms with Crippen molar-refractivity contribution in [3.63, 3.8) is 0 Å². The van der Waals surface area contributed by atoms with Gasteiger partial charge in [0.1, 0.15) is 23.1 Å². The number of aryl methyl sites for hydroxylation is 1. The summed E-state index contributed by atoms with van der Waals surface area (Å²) in [6.07, 6.45) is 0.506. The number of amides is 1. The maximum absolute atomic E-state index is 12.6. The Morgan fingerprint density at radius 1 is 1.34 bits per heavy atom. The van der Waals surface area contributed by atoms with Crippen LogP contribution in [0.1, 0.15) is 28.9 Å². The van der Waals surface area contributed by atoms with E-state index in [9.17, 15) is 13.6 Å². The van der Waals surface area contributed by atoms with Gasteiger partial charge in [0.25, 0.3) is 5.91 Å². The number of alkyl halides is 2. The predicted molar refractivity (Wildman–Crippen MR) is 104 cm³/mol. The van der Waals surface area contributed by atoms with E-state index in [1.54, 1.807) is 32.2 Å². The van der Waals surface area contributed by atoms with E-state index in [1.165, 1.54) is 12.1 Å². The topological polar surface area (TPSA) is 86.5 Å². The van der Waals surface area contributed by atoms with Crippen LogP contribution in [0.25, 0.3) is 11.3 Å². The van der Waals surface area contributed by atoms with E-state index in [0.717, 1.165) is 11.5 Å². The van der Waals surface area contributed by atoms with E-state index < -0.39 is 12.5 Å². The second-order valence-electron chi connectivity index (χ2n) is 6.21. The van der Waals surface area contributed by atoms with Crippen molar-refractivity contribution < 1.29 is 27.5 Å². The number of ether oxygens (including phenoxy) is 2. The Balaban J connectivity index is 1.74. The zero-order chi connectivity index (χ0) is 21.0. The van der Waals surface area contributed by atoms with Crippen LogP contribution in [0, 0.1) is 6.92 Å². The average Bonchev–Trinajstić information content (AvgIpc) is 3.27. The minimum atomic E-state index is -2.92. The molecule has 1 unspecified atom stereocenters. The molecule has 3 rings (SSSR count). The van der Waals surface area contributed by atoms with Gasteiger partial charge >= 0.3 is 6.61 Å². The van der Waals surface area contributed by atoms with Crippen LogP contribution in [0.2, 0.25) is 0 Å². The Labute approximate surface area is 169 Å². The van der Waals surface area contributed by atoms with Gasteiger partial charge in [-0.1, -0.05) is 12.1 Å². The molecule has 154 valence electrons. The molecule has 1 N–H and O–H groups in total. The van der Waals surface area contributed by atoms with Gasteiger partial charge in [0.15, 0.2) is 0 Å². The van der Waals surface area contributed by atoms with E-state index >= 15 is 0 Å². The van der Waals surface area contributed by atoms with E-state index in [-0.39, 0.29) is 11.9 Å². The lowest BCUT2D eigenvalue weighted by molar-refractivity contribution is -0.0498. The van der Waals surface area contributed by atoms with Gasteiger partial charge in [-0.25, -0.2) is 4.98 Å². The third-order valence-corrected chi connectivity index (χ3v) is 4.74. The van der Waals surface area contributed by atoms with Crippen molar-refractivity contribution in [1.82, 2.24) is 9.36 Å². The first-order valence-corrected chi connectivity index (χ1v) is 9.45. The van der Waals surface area contributed by atoms with Crippen LogP contribution in [0.5, 0.6) is 5.75 Å². The van der Waals surface area contributed by atoms with E-state index in [1.807, 2.05) is 6.92 Å². The summed E-state index contributed by atoms with van der Waals surface area (Å²) in [5.41, 5.74) is 0.819. The molecular weight excluding hydrogens is 404 g/mol. The number of benzene rings is 1. The van der Waals surface area contributed by atoms with Crippen molar-refractivity contribution in [2.24, 2.45) is 0 Å². The number of carbonyl (C=O) groups is 1. The van der Waals surface area contributed by atoms with Crippen molar-refractivity contribution in [2.45, 2.75) is 33.0 Å². The maximum Gasteiger partial charge on any atom is 0.387 e. The summed E-state index contributed by atoms with van der Waals surface area (Å²) < 4.78 is 44.2. The van der Waals surface area contributed by atoms with Gasteiger partial charge in [-0.2, -0.15) is 13.2 Å². The highest BCUT2D eigenvalue weighted by Crippen LogP contribution is 2.29. The second kappa shape index (κ2) is 9.10. The molecule has 1 atom stereocenters. The zero-order valence-corrected chi connectivity index (χ0v) is 16.8. The smallest absolute Gasteiger partial charge is 0.387 e. The van der Waals surface area contributed by atoms with Crippen molar-refractivity contribution >= 4 is 22.6 Å². The summed E-state index contributed by atoms with van der Waals surface area (Å²) in [6.45, 7) is 0.620. The van der Waals surface area contributed by atoms with Crippen LogP contribution in [0.4, 0.5) is 13.9 Å². The summed E-state index contributed by atoms with van der Waals surface area (Å²) in [7, 11) is 1.61. The monoisotopic (exact) mass is 423 g/mol. The van der Waals surface area contributed by atoms with E-state index in [2.05, 4.69) is 19.4 Å². The molecule has 2 aromatic heterocycles. The highest BCUT2D eigenvalue weighted by molar-refractivity contribution is 7.09. The molecule has 0 aliphatic heterocycles. The number of hydrogen-bond acceptors (Lipinski definition) is 7. The highest BCUT2D eigenvalue weighted by Gasteiger charge is 2.18. The number of nitrogens with zero attached hydrogens (tertiary/aromatic N) is 2. The minimum absolute atomic E-state index is 0.00392. The highest BCUT2D eigenvalue weighted by atomic mass is 32.1. The fourth-order valence-corrected chi connectivity index (χ4v) is 3.16. The molecule has 0 bridgehead atoms. The molecule has 0 radical (unpaired) electrons. The summed E-state index contributed by atoms with van der Waals surface area (Å²) in [5.74, 6) is 0.930. The number of aromatic nitrogens is 2. The number of furan rings is 1. The molecule has 29 heavy (non-hydrogen) atoms. The molecule has 7 nitrogen and oxygen atoms in total. The molecule has 0 spiro atoms. The third-order valence-electron chi connectivity index (χ3n) is 4.07. The molecule has 2 heterocycles. The Bertz CT molecular complexity index is 990. The largest absolute Gasteiger partial charge is 0.461 e. The number of hydrogen-bond donors (Lipinski definition) is 1. The van der Waals surface area contributed by atoms with Gasteiger partial charge in [0.2, 0.25) is 5.13 Å². The van der Waals surface area contributed by atoms with Crippen molar-refractivity contribution in [3.8, 4) is 17.1 Å². The Kier molecular flexibility index (Phi) is 6.55. The minimum Gasteiger partial charge on any atom is -0.461 e. The zero-order valence-electron chi connectivity index (χ0n) is 15.9. The summed E-state index contributed by atoms with van der Waals surface area (Å²) >= 11 is 1.07. The number of methoxy groups -OCH3 is 1. The summed E-state index contributed by atoms with van der Waals surface area (Å²) in [5, 5.41) is 3.06. The van der Waals surface area contributed by atoms with Crippen LogP contribution in [-0.4, -0.2) is 35.1 Å². The van der Waals surface area contributed by atoms with Gasteiger partial charge in [-0.05, 0) is 32.0 Å². The van der Waals surface area contributed by atoms with Gasteiger partial charge in [0, 0.05) is 30.6 Å². The number of nitrogens with one attached hydrogen (secondary N) is 1. The fraction of sp³-hybridized carbons (Fsp3) is 0.316. The molecule has 0 aliphatic rings. The Hall–Kier alpha value is -2.85. The van der Waals surface area contributed by atoms with Gasteiger partial charge in [-0.3, -0.25) is 10.1 Å². The molecule has 3 aromatic rings. The molecule has 0 saturated carbocycles. The molecule has 10 heteroatoms.